The number of nitrogens with zero attached hydrogens (tertiary/aromatic N) is 2. The number of carboxylic acids is 1. The molecule has 2 rings (SSSR count). The van der Waals surface area contributed by atoms with Gasteiger partial charge in [0.2, 0.25) is 0 Å². The topological polar surface area (TPSA) is 98.2 Å². The Labute approximate surface area is 101 Å². The highest BCUT2D eigenvalue weighted by molar-refractivity contribution is 6.35. The summed E-state index contributed by atoms with van der Waals surface area (Å²) in [5, 5.41) is 13.4. The lowest BCUT2D eigenvalue weighted by atomic mass is 10.2. The maximum absolute atomic E-state index is 11.2. The van der Waals surface area contributed by atoms with Gasteiger partial charge in [-0.3, -0.25) is 14.3 Å². The van der Waals surface area contributed by atoms with Gasteiger partial charge in [-0.15, -0.1) is 0 Å². The van der Waals surface area contributed by atoms with Crippen molar-refractivity contribution < 1.29 is 14.7 Å². The quantitative estimate of drug-likeness (QED) is 0.848. The summed E-state index contributed by atoms with van der Waals surface area (Å²) < 4.78 is 1.15. The predicted molar refractivity (Wildman–Crippen MR) is 60.9 cm³/mol. The van der Waals surface area contributed by atoms with Crippen molar-refractivity contribution >= 4 is 34.4 Å². The second-order valence-corrected chi connectivity index (χ2v) is 3.81. The number of hydrogen-bond donors (Lipinski definition) is 2. The Morgan fingerprint density at radius 3 is 2.76 bits per heavy atom. The van der Waals surface area contributed by atoms with Crippen molar-refractivity contribution in [3.63, 3.8) is 0 Å². The Bertz CT molecular complexity index is 621. The number of hydrogen-bond acceptors (Lipinski definition) is 3. The minimum atomic E-state index is -1.08. The van der Waals surface area contributed by atoms with Crippen LogP contribution in [0.1, 0.15) is 10.5 Å². The molecule has 88 valence electrons. The number of fused-ring (bicyclic) bond motifs is 1. The number of nitrogens with two attached hydrogens (primary N) is 1. The second-order valence-electron chi connectivity index (χ2n) is 3.40. The molecule has 0 aliphatic rings. The summed E-state index contributed by atoms with van der Waals surface area (Å²) in [4.78, 5) is 21.9. The van der Waals surface area contributed by atoms with Crippen LogP contribution in [0.5, 0.6) is 0 Å². The Hall–Kier alpha value is -2.08. The summed E-state index contributed by atoms with van der Waals surface area (Å²) in [5.74, 6) is -1.80. The van der Waals surface area contributed by atoms with E-state index in [1.807, 2.05) is 0 Å². The van der Waals surface area contributed by atoms with Crippen molar-refractivity contribution in [2.75, 3.05) is 0 Å². The van der Waals surface area contributed by atoms with E-state index in [2.05, 4.69) is 5.10 Å². The Morgan fingerprint density at radius 1 is 1.47 bits per heavy atom. The third-order valence-corrected chi connectivity index (χ3v) is 2.54. The van der Waals surface area contributed by atoms with Gasteiger partial charge in [0, 0.05) is 5.39 Å². The zero-order chi connectivity index (χ0) is 12.6. The number of halogens is 1. The zero-order valence-electron chi connectivity index (χ0n) is 8.55. The lowest BCUT2D eigenvalue weighted by Crippen LogP contribution is -2.14. The SMILES string of the molecule is NC(=O)c1nn(CC(=O)O)c2c(Cl)cccc12. The number of amides is 1. The Morgan fingerprint density at radius 2 is 2.18 bits per heavy atom. The molecule has 0 fully saturated rings. The summed E-state index contributed by atoms with van der Waals surface area (Å²) in [6.07, 6.45) is 0. The highest BCUT2D eigenvalue weighted by atomic mass is 35.5. The van der Waals surface area contributed by atoms with Crippen LogP contribution in [0, 0.1) is 0 Å². The minimum absolute atomic E-state index is 0.0174. The van der Waals surface area contributed by atoms with Gasteiger partial charge in [0.25, 0.3) is 5.91 Å². The van der Waals surface area contributed by atoms with Crippen molar-refractivity contribution in [3.05, 3.63) is 28.9 Å². The molecule has 1 aromatic heterocycles. The maximum atomic E-state index is 11.2. The van der Waals surface area contributed by atoms with Gasteiger partial charge in [-0.05, 0) is 6.07 Å². The fourth-order valence-electron chi connectivity index (χ4n) is 1.62. The third-order valence-electron chi connectivity index (χ3n) is 2.24. The van der Waals surface area contributed by atoms with Crippen molar-refractivity contribution in [3.8, 4) is 0 Å². The molecule has 1 amide bonds. The molecule has 17 heavy (non-hydrogen) atoms. The van der Waals surface area contributed by atoms with E-state index in [9.17, 15) is 9.59 Å². The van der Waals surface area contributed by atoms with E-state index in [0.29, 0.717) is 15.9 Å². The average Bonchev–Trinajstić information content (AvgIpc) is 2.57. The normalized spacial score (nSPS) is 10.6. The van der Waals surface area contributed by atoms with Gasteiger partial charge >= 0.3 is 5.97 Å². The summed E-state index contributed by atoms with van der Waals surface area (Å²) >= 11 is 5.96. The second kappa shape index (κ2) is 4.06. The van der Waals surface area contributed by atoms with Crippen LogP contribution in [-0.2, 0) is 11.3 Å². The van der Waals surface area contributed by atoms with Crippen LogP contribution in [0.2, 0.25) is 5.02 Å². The monoisotopic (exact) mass is 253 g/mol. The van der Waals surface area contributed by atoms with Gasteiger partial charge in [-0.2, -0.15) is 5.10 Å². The molecule has 1 heterocycles. The fourth-order valence-corrected chi connectivity index (χ4v) is 1.89. The molecule has 0 radical (unpaired) electrons. The van der Waals surface area contributed by atoms with E-state index < -0.39 is 11.9 Å². The molecule has 0 aliphatic heterocycles. The van der Waals surface area contributed by atoms with Gasteiger partial charge in [0.1, 0.15) is 6.54 Å². The summed E-state index contributed by atoms with van der Waals surface area (Å²) in [5.41, 5.74) is 5.58. The van der Waals surface area contributed by atoms with Crippen LogP contribution in [0.3, 0.4) is 0 Å². The van der Waals surface area contributed by atoms with Crippen LogP contribution in [0.25, 0.3) is 10.9 Å². The summed E-state index contributed by atoms with van der Waals surface area (Å²) in [7, 11) is 0. The smallest absolute Gasteiger partial charge is 0.325 e. The van der Waals surface area contributed by atoms with Crippen LogP contribution >= 0.6 is 11.6 Å². The molecule has 1 aromatic carbocycles. The Kier molecular flexibility index (Phi) is 2.72. The standard InChI is InChI=1S/C10H8ClN3O3/c11-6-3-1-2-5-8(10(12)17)13-14(9(5)6)4-7(15)16/h1-3H,4H2,(H2,12,17)(H,15,16). The number of rotatable bonds is 3. The number of aromatic nitrogens is 2. The van der Waals surface area contributed by atoms with Crippen LogP contribution in [0.15, 0.2) is 18.2 Å². The number of carboxylic acid groups (broad SMARTS) is 1. The number of carbonyl (C=O) groups is 2. The fraction of sp³-hybridized carbons (Fsp3) is 0.100. The molecule has 6 nitrogen and oxygen atoms in total. The number of carbonyl (C=O) groups excluding carboxylic acids is 1. The van der Waals surface area contributed by atoms with E-state index in [1.165, 1.54) is 0 Å². The maximum Gasteiger partial charge on any atom is 0.325 e. The molecule has 3 N–H and O–H groups in total. The van der Waals surface area contributed by atoms with E-state index in [0.717, 1.165) is 4.68 Å². The van der Waals surface area contributed by atoms with Crippen LogP contribution < -0.4 is 5.73 Å². The molecule has 0 atom stereocenters. The Balaban J connectivity index is 2.75. The number of primary amides is 1. The predicted octanol–water partition coefficient (Wildman–Crippen LogP) is 0.873. The van der Waals surface area contributed by atoms with Crippen molar-refractivity contribution in [1.29, 1.82) is 0 Å². The van der Waals surface area contributed by atoms with Gasteiger partial charge in [0.05, 0.1) is 10.5 Å². The summed E-state index contributed by atoms with van der Waals surface area (Å²) in [6.45, 7) is -0.381. The number of para-hydroxylation sites is 1. The lowest BCUT2D eigenvalue weighted by Gasteiger charge is -2.00. The van der Waals surface area contributed by atoms with E-state index in [1.54, 1.807) is 18.2 Å². The van der Waals surface area contributed by atoms with E-state index >= 15 is 0 Å². The number of aliphatic carboxylic acids is 1. The first kappa shape index (κ1) is 11.4. The zero-order valence-corrected chi connectivity index (χ0v) is 9.31. The molecule has 2 aromatic rings. The van der Waals surface area contributed by atoms with Gasteiger partial charge in [0.15, 0.2) is 5.69 Å². The molecule has 0 saturated heterocycles. The van der Waals surface area contributed by atoms with Gasteiger partial charge in [-0.1, -0.05) is 23.7 Å². The van der Waals surface area contributed by atoms with Crippen LogP contribution in [-0.4, -0.2) is 26.8 Å². The van der Waals surface area contributed by atoms with Crippen molar-refractivity contribution in [2.24, 2.45) is 5.73 Å². The first-order chi connectivity index (χ1) is 8.00. The minimum Gasteiger partial charge on any atom is -0.480 e. The number of benzene rings is 1. The third kappa shape index (κ3) is 1.94. The first-order valence-corrected chi connectivity index (χ1v) is 5.05. The van der Waals surface area contributed by atoms with Gasteiger partial charge < -0.3 is 10.8 Å². The molecule has 7 heteroatoms. The molecule has 0 saturated carbocycles. The highest BCUT2D eigenvalue weighted by Gasteiger charge is 2.17. The van der Waals surface area contributed by atoms with Crippen LogP contribution in [0.4, 0.5) is 0 Å². The molecule has 0 bridgehead atoms. The molecule has 0 spiro atoms. The average molecular weight is 254 g/mol. The molecular formula is C10H8ClN3O3. The van der Waals surface area contributed by atoms with E-state index in [4.69, 9.17) is 22.4 Å². The lowest BCUT2D eigenvalue weighted by molar-refractivity contribution is -0.137. The largest absolute Gasteiger partial charge is 0.480 e. The molecule has 0 aliphatic carbocycles. The highest BCUT2D eigenvalue weighted by Crippen LogP contribution is 2.25. The van der Waals surface area contributed by atoms with E-state index in [-0.39, 0.29) is 12.2 Å². The van der Waals surface area contributed by atoms with Crippen molar-refractivity contribution in [2.45, 2.75) is 6.54 Å². The van der Waals surface area contributed by atoms with Crippen molar-refractivity contribution in [1.82, 2.24) is 9.78 Å². The summed E-state index contributed by atoms with van der Waals surface area (Å²) in [6, 6.07) is 4.85. The first-order valence-electron chi connectivity index (χ1n) is 4.67. The molecule has 0 unspecified atom stereocenters. The molecular weight excluding hydrogens is 246 g/mol. The van der Waals surface area contributed by atoms with Gasteiger partial charge in [-0.25, -0.2) is 0 Å².